The van der Waals surface area contributed by atoms with Crippen LogP contribution in [0.4, 0.5) is 4.39 Å². The Hall–Kier alpha value is -0.960. The van der Waals surface area contributed by atoms with Gasteiger partial charge in [-0.1, -0.05) is 44.9 Å². The van der Waals surface area contributed by atoms with Crippen molar-refractivity contribution in [2.45, 2.75) is 63.4 Å². The summed E-state index contributed by atoms with van der Waals surface area (Å²) in [6, 6.07) is 1.68. The summed E-state index contributed by atoms with van der Waals surface area (Å²) in [5.74, 6) is 0.424. The molecule has 0 aliphatic heterocycles. The Bertz CT molecular complexity index is 458. The Morgan fingerprint density at radius 2 is 1.85 bits per heavy atom. The van der Waals surface area contributed by atoms with E-state index in [2.05, 4.69) is 4.98 Å². The van der Waals surface area contributed by atoms with Crippen LogP contribution in [-0.4, -0.2) is 10.1 Å². The van der Waals surface area contributed by atoms with E-state index in [0.717, 1.165) is 19.3 Å². The third-order valence-corrected chi connectivity index (χ3v) is 5.39. The minimum atomic E-state index is -0.979. The summed E-state index contributed by atoms with van der Waals surface area (Å²) in [4.78, 5) is 3.82. The Kier molecular flexibility index (Phi) is 4.06. The molecule has 1 aromatic heterocycles. The smallest absolute Gasteiger partial charge is 0.147 e. The Morgan fingerprint density at radius 1 is 1.10 bits per heavy atom. The molecule has 110 valence electrons. The fourth-order valence-corrected chi connectivity index (χ4v) is 4.41. The van der Waals surface area contributed by atoms with Crippen molar-refractivity contribution < 1.29 is 9.50 Å². The molecule has 0 saturated heterocycles. The van der Waals surface area contributed by atoms with Crippen molar-refractivity contribution in [3.63, 3.8) is 0 Å². The number of pyridine rings is 1. The van der Waals surface area contributed by atoms with E-state index < -0.39 is 5.60 Å². The molecule has 0 aromatic carbocycles. The van der Waals surface area contributed by atoms with Crippen LogP contribution < -0.4 is 0 Å². The number of aromatic nitrogens is 1. The minimum absolute atomic E-state index is 0.216. The summed E-state index contributed by atoms with van der Waals surface area (Å²) in [6.07, 6.45) is 12.9. The van der Waals surface area contributed by atoms with Gasteiger partial charge >= 0.3 is 0 Å². The topological polar surface area (TPSA) is 33.1 Å². The molecular weight excluding hydrogens is 253 g/mol. The summed E-state index contributed by atoms with van der Waals surface area (Å²) in [6.45, 7) is 0. The lowest BCUT2D eigenvalue weighted by Gasteiger charge is -2.45. The standard InChI is InChI=1S/C17H24FNO/c18-16-12-19-11-9-15(16)17(20)10-5-4-8-14(17)13-6-2-1-3-7-13/h9,11-14,20H,1-8,10H2. The zero-order valence-electron chi connectivity index (χ0n) is 12.0. The average molecular weight is 277 g/mol. The molecule has 2 atom stereocenters. The maximum Gasteiger partial charge on any atom is 0.147 e. The van der Waals surface area contributed by atoms with Gasteiger partial charge in [0.15, 0.2) is 0 Å². The van der Waals surface area contributed by atoms with Crippen molar-refractivity contribution in [2.24, 2.45) is 11.8 Å². The third kappa shape index (κ3) is 2.48. The number of hydrogen-bond donors (Lipinski definition) is 1. The van der Waals surface area contributed by atoms with Gasteiger partial charge in [0, 0.05) is 11.8 Å². The van der Waals surface area contributed by atoms with Gasteiger partial charge in [0.1, 0.15) is 5.82 Å². The van der Waals surface area contributed by atoms with Crippen LogP contribution in [-0.2, 0) is 5.60 Å². The van der Waals surface area contributed by atoms with Crippen LogP contribution >= 0.6 is 0 Å². The second kappa shape index (κ2) is 5.80. The third-order valence-electron chi connectivity index (χ3n) is 5.39. The van der Waals surface area contributed by atoms with E-state index in [-0.39, 0.29) is 11.7 Å². The lowest BCUT2D eigenvalue weighted by atomic mass is 9.63. The molecule has 3 rings (SSSR count). The van der Waals surface area contributed by atoms with Gasteiger partial charge < -0.3 is 5.11 Å². The molecule has 0 radical (unpaired) electrons. The molecule has 2 aliphatic carbocycles. The molecule has 20 heavy (non-hydrogen) atoms. The Morgan fingerprint density at radius 3 is 2.60 bits per heavy atom. The maximum absolute atomic E-state index is 14.1. The van der Waals surface area contributed by atoms with Gasteiger partial charge in [-0.3, -0.25) is 4.98 Å². The summed E-state index contributed by atoms with van der Waals surface area (Å²) in [5.41, 5.74) is -0.504. The van der Waals surface area contributed by atoms with Crippen LogP contribution in [0.25, 0.3) is 0 Å². The lowest BCUT2D eigenvalue weighted by Crippen LogP contribution is -2.43. The predicted octanol–water partition coefficient (Wildman–Crippen LogP) is 4.18. The summed E-state index contributed by atoms with van der Waals surface area (Å²) in [5, 5.41) is 11.3. The Balaban J connectivity index is 1.92. The van der Waals surface area contributed by atoms with E-state index in [9.17, 15) is 9.50 Å². The highest BCUT2D eigenvalue weighted by Gasteiger charge is 2.45. The predicted molar refractivity (Wildman–Crippen MR) is 76.6 cm³/mol. The molecule has 1 N–H and O–H groups in total. The first-order chi connectivity index (χ1) is 9.72. The van der Waals surface area contributed by atoms with Crippen molar-refractivity contribution in [1.29, 1.82) is 0 Å². The van der Waals surface area contributed by atoms with E-state index >= 15 is 0 Å². The normalized spacial score (nSPS) is 32.2. The van der Waals surface area contributed by atoms with Crippen molar-refractivity contribution in [3.8, 4) is 0 Å². The van der Waals surface area contributed by atoms with Gasteiger partial charge in [0.05, 0.1) is 11.8 Å². The van der Waals surface area contributed by atoms with Crippen LogP contribution in [0, 0.1) is 17.7 Å². The SMILES string of the molecule is OC1(c2ccncc2F)CCCCC1C1CCCCC1. The van der Waals surface area contributed by atoms with Crippen molar-refractivity contribution >= 4 is 0 Å². The highest BCUT2D eigenvalue weighted by Crippen LogP contribution is 2.49. The van der Waals surface area contributed by atoms with Gasteiger partial charge in [-0.25, -0.2) is 4.39 Å². The first-order valence-electron chi connectivity index (χ1n) is 8.04. The van der Waals surface area contributed by atoms with E-state index in [1.165, 1.54) is 38.3 Å². The van der Waals surface area contributed by atoms with Crippen LogP contribution in [0.5, 0.6) is 0 Å². The fraction of sp³-hybridized carbons (Fsp3) is 0.706. The van der Waals surface area contributed by atoms with Crippen LogP contribution in [0.1, 0.15) is 63.4 Å². The molecule has 2 nitrogen and oxygen atoms in total. The number of aliphatic hydroxyl groups is 1. The molecular formula is C17H24FNO. The summed E-state index contributed by atoms with van der Waals surface area (Å²) in [7, 11) is 0. The first kappa shape index (κ1) is 14.0. The molecule has 2 unspecified atom stereocenters. The average Bonchev–Trinajstić information content (AvgIpc) is 2.49. The second-order valence-electron chi connectivity index (χ2n) is 6.53. The van der Waals surface area contributed by atoms with Gasteiger partial charge in [-0.05, 0) is 30.7 Å². The van der Waals surface area contributed by atoms with Crippen LogP contribution in [0.3, 0.4) is 0 Å². The molecule has 0 bridgehead atoms. The molecule has 3 heteroatoms. The van der Waals surface area contributed by atoms with Crippen LogP contribution in [0.2, 0.25) is 0 Å². The second-order valence-corrected chi connectivity index (χ2v) is 6.53. The first-order valence-corrected chi connectivity index (χ1v) is 8.04. The van der Waals surface area contributed by atoms with Crippen molar-refractivity contribution in [3.05, 3.63) is 29.8 Å². The molecule has 2 saturated carbocycles. The maximum atomic E-state index is 14.1. The number of halogens is 1. The van der Waals surface area contributed by atoms with E-state index in [4.69, 9.17) is 0 Å². The number of nitrogens with zero attached hydrogens (tertiary/aromatic N) is 1. The summed E-state index contributed by atoms with van der Waals surface area (Å²) < 4.78 is 14.1. The lowest BCUT2D eigenvalue weighted by molar-refractivity contribution is -0.0857. The molecule has 0 spiro atoms. The van der Waals surface area contributed by atoms with E-state index in [0.29, 0.717) is 17.9 Å². The van der Waals surface area contributed by atoms with Gasteiger partial charge in [0.2, 0.25) is 0 Å². The number of hydrogen-bond acceptors (Lipinski definition) is 2. The molecule has 0 amide bonds. The molecule has 1 aromatic rings. The monoisotopic (exact) mass is 277 g/mol. The molecule has 1 heterocycles. The quantitative estimate of drug-likeness (QED) is 0.879. The van der Waals surface area contributed by atoms with Crippen LogP contribution in [0.15, 0.2) is 18.5 Å². The van der Waals surface area contributed by atoms with Gasteiger partial charge in [-0.2, -0.15) is 0 Å². The Labute approximate surface area is 120 Å². The summed E-state index contributed by atoms with van der Waals surface area (Å²) >= 11 is 0. The zero-order chi connectivity index (χ0) is 14.0. The molecule has 2 aliphatic rings. The highest BCUT2D eigenvalue weighted by molar-refractivity contribution is 5.23. The van der Waals surface area contributed by atoms with E-state index in [1.807, 2.05) is 0 Å². The molecule has 2 fully saturated rings. The fourth-order valence-electron chi connectivity index (χ4n) is 4.41. The number of rotatable bonds is 2. The minimum Gasteiger partial charge on any atom is -0.385 e. The zero-order valence-corrected chi connectivity index (χ0v) is 12.0. The van der Waals surface area contributed by atoms with Gasteiger partial charge in [0.25, 0.3) is 0 Å². The largest absolute Gasteiger partial charge is 0.385 e. The highest BCUT2D eigenvalue weighted by atomic mass is 19.1. The van der Waals surface area contributed by atoms with Crippen molar-refractivity contribution in [2.75, 3.05) is 0 Å². The van der Waals surface area contributed by atoms with Gasteiger partial charge in [-0.15, -0.1) is 0 Å². The van der Waals surface area contributed by atoms with Crippen molar-refractivity contribution in [1.82, 2.24) is 4.98 Å². The van der Waals surface area contributed by atoms with E-state index in [1.54, 1.807) is 12.3 Å².